The van der Waals surface area contributed by atoms with Gasteiger partial charge in [0, 0.05) is 6.04 Å². The van der Waals surface area contributed by atoms with Crippen LogP contribution in [0.5, 0.6) is 0 Å². The summed E-state index contributed by atoms with van der Waals surface area (Å²) in [7, 11) is 0. The van der Waals surface area contributed by atoms with Crippen molar-refractivity contribution >= 4 is 0 Å². The molecule has 0 aromatic rings. The molecule has 0 heterocycles. The van der Waals surface area contributed by atoms with Crippen LogP contribution in [0.1, 0.15) is 52.4 Å². The first kappa shape index (κ1) is 10.1. The Bertz CT molecular complexity index is 258. The van der Waals surface area contributed by atoms with Crippen molar-refractivity contribution in [1.29, 1.82) is 0 Å². The minimum atomic E-state index is 0.547. The molecular formula is C14H25N. The average molecular weight is 207 g/mol. The smallest absolute Gasteiger partial charge is 0.0127 e. The van der Waals surface area contributed by atoms with Crippen LogP contribution in [0.3, 0.4) is 0 Å². The summed E-state index contributed by atoms with van der Waals surface area (Å²) < 4.78 is 0. The van der Waals surface area contributed by atoms with Gasteiger partial charge in [-0.25, -0.2) is 0 Å². The van der Waals surface area contributed by atoms with Gasteiger partial charge in [0.05, 0.1) is 0 Å². The Balaban J connectivity index is 1.85. The lowest BCUT2D eigenvalue weighted by atomic mass is 9.58. The summed E-state index contributed by atoms with van der Waals surface area (Å²) in [5.41, 5.74) is 7.12. The highest BCUT2D eigenvalue weighted by atomic mass is 14.8. The molecule has 3 aliphatic rings. The highest BCUT2D eigenvalue weighted by molar-refractivity contribution is 5.10. The Morgan fingerprint density at radius 1 is 1.07 bits per heavy atom. The van der Waals surface area contributed by atoms with Crippen molar-refractivity contribution in [3.8, 4) is 0 Å². The van der Waals surface area contributed by atoms with E-state index >= 15 is 0 Å². The van der Waals surface area contributed by atoms with E-state index in [0.29, 0.717) is 11.5 Å². The van der Waals surface area contributed by atoms with E-state index in [1.54, 1.807) is 0 Å². The maximum absolute atomic E-state index is 6.54. The third kappa shape index (κ3) is 1.25. The van der Waals surface area contributed by atoms with Crippen molar-refractivity contribution in [2.24, 2.45) is 34.8 Å². The highest BCUT2D eigenvalue weighted by Crippen LogP contribution is 2.62. The van der Waals surface area contributed by atoms with E-state index < -0.39 is 0 Å². The second kappa shape index (κ2) is 3.23. The molecule has 0 aliphatic heterocycles. The first-order valence-electron chi connectivity index (χ1n) is 6.89. The van der Waals surface area contributed by atoms with Crippen LogP contribution >= 0.6 is 0 Å². The van der Waals surface area contributed by atoms with Crippen molar-refractivity contribution in [2.75, 3.05) is 0 Å². The summed E-state index contributed by atoms with van der Waals surface area (Å²) in [6, 6.07) is 0.547. The van der Waals surface area contributed by atoms with Crippen molar-refractivity contribution in [3.63, 3.8) is 0 Å². The molecule has 0 aromatic heterocycles. The molecule has 3 saturated carbocycles. The van der Waals surface area contributed by atoms with Gasteiger partial charge in [-0.15, -0.1) is 0 Å². The molecular weight excluding hydrogens is 182 g/mol. The van der Waals surface area contributed by atoms with Crippen molar-refractivity contribution in [2.45, 2.75) is 58.4 Å². The zero-order valence-corrected chi connectivity index (χ0v) is 10.2. The third-order valence-electron chi connectivity index (χ3n) is 6.20. The summed E-state index contributed by atoms with van der Waals surface area (Å²) in [5, 5.41) is 0. The number of rotatable bonds is 0. The first-order chi connectivity index (χ1) is 7.13. The van der Waals surface area contributed by atoms with Gasteiger partial charge in [-0.3, -0.25) is 0 Å². The van der Waals surface area contributed by atoms with E-state index in [0.717, 1.165) is 23.7 Å². The van der Waals surface area contributed by atoms with E-state index in [1.165, 1.54) is 38.5 Å². The molecule has 1 heteroatoms. The normalized spacial score (nSPS) is 59.0. The monoisotopic (exact) mass is 207 g/mol. The van der Waals surface area contributed by atoms with E-state index in [2.05, 4.69) is 13.8 Å². The van der Waals surface area contributed by atoms with E-state index in [9.17, 15) is 0 Å². The number of nitrogens with two attached hydrogens (primary N) is 1. The molecule has 6 atom stereocenters. The minimum Gasteiger partial charge on any atom is -0.327 e. The zero-order chi connectivity index (χ0) is 10.6. The largest absolute Gasteiger partial charge is 0.327 e. The van der Waals surface area contributed by atoms with Crippen molar-refractivity contribution in [1.82, 2.24) is 0 Å². The van der Waals surface area contributed by atoms with Crippen LogP contribution in [0.15, 0.2) is 0 Å². The van der Waals surface area contributed by atoms with Gasteiger partial charge in [-0.05, 0) is 67.6 Å². The Morgan fingerprint density at radius 3 is 2.47 bits per heavy atom. The van der Waals surface area contributed by atoms with Crippen molar-refractivity contribution in [3.05, 3.63) is 0 Å². The van der Waals surface area contributed by atoms with Crippen LogP contribution in [0.2, 0.25) is 0 Å². The lowest BCUT2D eigenvalue weighted by Crippen LogP contribution is -2.49. The number of hydrogen-bond donors (Lipinski definition) is 1. The van der Waals surface area contributed by atoms with Crippen LogP contribution in [-0.4, -0.2) is 6.04 Å². The van der Waals surface area contributed by atoms with Gasteiger partial charge >= 0.3 is 0 Å². The topological polar surface area (TPSA) is 26.0 Å². The Hall–Kier alpha value is -0.0400. The molecule has 0 radical (unpaired) electrons. The Kier molecular flexibility index (Phi) is 2.18. The van der Waals surface area contributed by atoms with Gasteiger partial charge < -0.3 is 5.73 Å². The van der Waals surface area contributed by atoms with Crippen LogP contribution < -0.4 is 5.73 Å². The van der Waals surface area contributed by atoms with Gasteiger partial charge in [0.1, 0.15) is 0 Å². The number of fused-ring (bicyclic) bond motifs is 3. The maximum Gasteiger partial charge on any atom is 0.0127 e. The minimum absolute atomic E-state index is 0.547. The molecule has 86 valence electrons. The SMILES string of the molecule is CC1CCC2(CC1C)C1CCC(C1)C2N. The highest BCUT2D eigenvalue weighted by Gasteiger charge is 2.57. The summed E-state index contributed by atoms with van der Waals surface area (Å²) in [4.78, 5) is 0. The summed E-state index contributed by atoms with van der Waals surface area (Å²) in [6.45, 7) is 4.88. The number of hydrogen-bond acceptors (Lipinski definition) is 1. The van der Waals surface area contributed by atoms with Crippen molar-refractivity contribution < 1.29 is 0 Å². The Morgan fingerprint density at radius 2 is 1.87 bits per heavy atom. The van der Waals surface area contributed by atoms with Crippen LogP contribution in [0.25, 0.3) is 0 Å². The van der Waals surface area contributed by atoms with Gasteiger partial charge in [-0.2, -0.15) is 0 Å². The van der Waals surface area contributed by atoms with Crippen LogP contribution in [0.4, 0.5) is 0 Å². The fourth-order valence-electron chi connectivity index (χ4n) is 4.96. The van der Waals surface area contributed by atoms with E-state index in [1.807, 2.05) is 0 Å². The summed E-state index contributed by atoms with van der Waals surface area (Å²) in [5.74, 6) is 3.72. The molecule has 3 aliphatic carbocycles. The molecule has 2 bridgehead atoms. The predicted octanol–water partition coefficient (Wildman–Crippen LogP) is 3.19. The summed E-state index contributed by atoms with van der Waals surface area (Å²) >= 11 is 0. The molecule has 0 amide bonds. The van der Waals surface area contributed by atoms with Gasteiger partial charge in [-0.1, -0.05) is 13.8 Å². The Labute approximate surface area is 93.8 Å². The van der Waals surface area contributed by atoms with Gasteiger partial charge in [0.2, 0.25) is 0 Å². The average Bonchev–Trinajstić information content (AvgIpc) is 2.77. The fourth-order valence-corrected chi connectivity index (χ4v) is 4.96. The second-order valence-electron chi connectivity index (χ2n) is 6.73. The lowest BCUT2D eigenvalue weighted by Gasteiger charge is -2.49. The molecule has 1 spiro atoms. The van der Waals surface area contributed by atoms with E-state index in [-0.39, 0.29) is 0 Å². The third-order valence-corrected chi connectivity index (χ3v) is 6.20. The summed E-state index contributed by atoms with van der Waals surface area (Å²) in [6.07, 6.45) is 8.66. The predicted molar refractivity (Wildman–Crippen MR) is 63.4 cm³/mol. The zero-order valence-electron chi connectivity index (χ0n) is 10.2. The maximum atomic E-state index is 6.54. The first-order valence-corrected chi connectivity index (χ1v) is 6.89. The van der Waals surface area contributed by atoms with E-state index in [4.69, 9.17) is 5.73 Å². The van der Waals surface area contributed by atoms with Crippen LogP contribution in [-0.2, 0) is 0 Å². The molecule has 2 N–H and O–H groups in total. The molecule has 0 saturated heterocycles. The molecule has 1 nitrogen and oxygen atoms in total. The second-order valence-corrected chi connectivity index (χ2v) is 6.73. The fraction of sp³-hybridized carbons (Fsp3) is 1.00. The molecule has 0 aromatic carbocycles. The van der Waals surface area contributed by atoms with Gasteiger partial charge in [0.25, 0.3) is 0 Å². The molecule has 15 heavy (non-hydrogen) atoms. The standard InChI is InChI=1S/C14H25N/c1-9-5-6-14(8-10(9)2)12-4-3-11(7-12)13(14)15/h9-13H,3-8,15H2,1-2H3. The molecule has 6 unspecified atom stereocenters. The quantitative estimate of drug-likeness (QED) is 0.648. The molecule has 3 fully saturated rings. The van der Waals surface area contributed by atoms with Gasteiger partial charge in [0.15, 0.2) is 0 Å². The van der Waals surface area contributed by atoms with Crippen LogP contribution in [0, 0.1) is 29.1 Å². The molecule has 3 rings (SSSR count). The lowest BCUT2D eigenvalue weighted by molar-refractivity contribution is 0.0293.